The average molecular weight is 235 g/mol. The second kappa shape index (κ2) is 4.05. The zero-order chi connectivity index (χ0) is 12.6. The van der Waals surface area contributed by atoms with E-state index in [9.17, 15) is 17.6 Å². The number of rotatable bonds is 2. The number of hydrogen-bond acceptors (Lipinski definition) is 1. The minimum Gasteiger partial charge on any atom is -0.322 e. The monoisotopic (exact) mass is 235 g/mol. The molecule has 0 aliphatic heterocycles. The van der Waals surface area contributed by atoms with Gasteiger partial charge < -0.3 is 5.73 Å². The van der Waals surface area contributed by atoms with E-state index in [2.05, 4.69) is 0 Å². The Hall–Kier alpha value is -1.10. The quantitative estimate of drug-likeness (QED) is 0.781. The molecule has 1 rings (SSSR count). The molecule has 1 atom stereocenters. The summed E-state index contributed by atoms with van der Waals surface area (Å²) in [6.45, 7) is 3.37. The van der Waals surface area contributed by atoms with Gasteiger partial charge in [-0.05, 0) is 31.0 Å². The molecule has 0 saturated carbocycles. The first kappa shape index (κ1) is 13.0. The lowest BCUT2D eigenvalue weighted by Crippen LogP contribution is -2.32. The summed E-state index contributed by atoms with van der Waals surface area (Å²) in [6, 6.07) is 2.87. The molecule has 1 aromatic rings. The van der Waals surface area contributed by atoms with Crippen LogP contribution in [0.1, 0.15) is 31.4 Å². The standard InChI is InChI=1S/C11H13F4N/c1-3-10(2,16)7-4-5-9(12)8(6-7)11(13,14)15/h4-6H,3,16H2,1-2H3. The number of alkyl halides is 3. The molecule has 0 saturated heterocycles. The first-order valence-corrected chi connectivity index (χ1v) is 4.84. The molecule has 1 unspecified atom stereocenters. The van der Waals surface area contributed by atoms with Gasteiger partial charge in [0.25, 0.3) is 0 Å². The molecule has 0 aromatic heterocycles. The van der Waals surface area contributed by atoms with Crippen molar-refractivity contribution in [3.63, 3.8) is 0 Å². The Morgan fingerprint density at radius 2 is 1.81 bits per heavy atom. The van der Waals surface area contributed by atoms with Crippen LogP contribution in [0.5, 0.6) is 0 Å². The van der Waals surface area contributed by atoms with Gasteiger partial charge in [0.2, 0.25) is 0 Å². The number of hydrogen-bond donors (Lipinski definition) is 1. The topological polar surface area (TPSA) is 26.0 Å². The maximum Gasteiger partial charge on any atom is 0.419 e. The zero-order valence-electron chi connectivity index (χ0n) is 9.03. The van der Waals surface area contributed by atoms with Gasteiger partial charge in [-0.3, -0.25) is 0 Å². The van der Waals surface area contributed by atoms with E-state index in [-0.39, 0.29) is 5.56 Å². The maximum absolute atomic E-state index is 13.0. The van der Waals surface area contributed by atoms with Crippen LogP contribution in [0.15, 0.2) is 18.2 Å². The van der Waals surface area contributed by atoms with Crippen molar-refractivity contribution in [1.82, 2.24) is 0 Å². The summed E-state index contributed by atoms with van der Waals surface area (Å²) < 4.78 is 50.3. The lowest BCUT2D eigenvalue weighted by molar-refractivity contribution is -0.140. The van der Waals surface area contributed by atoms with E-state index >= 15 is 0 Å². The van der Waals surface area contributed by atoms with Crippen LogP contribution in [-0.4, -0.2) is 0 Å². The Labute approximate surface area is 91.3 Å². The molecule has 0 aliphatic carbocycles. The van der Waals surface area contributed by atoms with Crippen LogP contribution in [0.25, 0.3) is 0 Å². The third-order valence-electron chi connectivity index (χ3n) is 2.67. The summed E-state index contributed by atoms with van der Waals surface area (Å²) >= 11 is 0. The molecule has 0 amide bonds. The van der Waals surface area contributed by atoms with E-state index < -0.39 is 23.1 Å². The molecule has 0 bridgehead atoms. The summed E-state index contributed by atoms with van der Waals surface area (Å²) in [4.78, 5) is 0. The molecule has 1 aromatic carbocycles. The van der Waals surface area contributed by atoms with Gasteiger partial charge in [-0.2, -0.15) is 13.2 Å². The van der Waals surface area contributed by atoms with E-state index in [1.165, 1.54) is 6.07 Å². The normalized spacial score (nSPS) is 15.9. The fraction of sp³-hybridized carbons (Fsp3) is 0.455. The van der Waals surface area contributed by atoms with E-state index in [0.717, 1.165) is 12.1 Å². The maximum atomic E-state index is 13.0. The second-order valence-electron chi connectivity index (χ2n) is 3.96. The fourth-order valence-corrected chi connectivity index (χ4v) is 1.30. The molecule has 0 radical (unpaired) electrons. The molecular weight excluding hydrogens is 222 g/mol. The van der Waals surface area contributed by atoms with Gasteiger partial charge in [0, 0.05) is 5.54 Å². The summed E-state index contributed by atoms with van der Waals surface area (Å²) in [5.41, 5.74) is 3.94. The van der Waals surface area contributed by atoms with Crippen molar-refractivity contribution in [1.29, 1.82) is 0 Å². The van der Waals surface area contributed by atoms with Crippen LogP contribution in [0, 0.1) is 5.82 Å². The molecule has 0 spiro atoms. The Kier molecular flexibility index (Phi) is 3.28. The summed E-state index contributed by atoms with van der Waals surface area (Å²) in [5, 5.41) is 0. The van der Waals surface area contributed by atoms with E-state index in [1.54, 1.807) is 13.8 Å². The SMILES string of the molecule is CCC(C)(N)c1ccc(F)c(C(F)(F)F)c1. The molecule has 1 nitrogen and oxygen atoms in total. The minimum absolute atomic E-state index is 0.281. The van der Waals surface area contributed by atoms with Crippen molar-refractivity contribution in [2.45, 2.75) is 32.0 Å². The largest absolute Gasteiger partial charge is 0.419 e. The summed E-state index contributed by atoms with van der Waals surface area (Å²) in [5.74, 6) is -1.27. The van der Waals surface area contributed by atoms with Gasteiger partial charge in [0.05, 0.1) is 5.56 Å². The highest BCUT2D eigenvalue weighted by Crippen LogP contribution is 2.34. The molecule has 16 heavy (non-hydrogen) atoms. The first-order chi connectivity index (χ1) is 7.18. The highest BCUT2D eigenvalue weighted by molar-refractivity contribution is 5.31. The molecule has 0 heterocycles. The first-order valence-electron chi connectivity index (χ1n) is 4.84. The van der Waals surface area contributed by atoms with Crippen LogP contribution in [0.4, 0.5) is 17.6 Å². The van der Waals surface area contributed by atoms with Crippen molar-refractivity contribution < 1.29 is 17.6 Å². The molecule has 0 fully saturated rings. The Morgan fingerprint density at radius 1 is 1.25 bits per heavy atom. The van der Waals surface area contributed by atoms with Crippen LogP contribution >= 0.6 is 0 Å². The molecule has 0 aliphatic rings. The van der Waals surface area contributed by atoms with Gasteiger partial charge in [0.1, 0.15) is 5.82 Å². The molecule has 2 N–H and O–H groups in total. The van der Waals surface area contributed by atoms with Crippen molar-refractivity contribution in [3.05, 3.63) is 35.1 Å². The molecule has 90 valence electrons. The van der Waals surface area contributed by atoms with Gasteiger partial charge in [-0.15, -0.1) is 0 Å². The van der Waals surface area contributed by atoms with E-state index in [1.807, 2.05) is 0 Å². The third-order valence-corrected chi connectivity index (χ3v) is 2.67. The smallest absolute Gasteiger partial charge is 0.322 e. The predicted octanol–water partition coefficient (Wildman–Crippen LogP) is 3.43. The van der Waals surface area contributed by atoms with Crippen LogP contribution < -0.4 is 5.73 Å². The summed E-state index contributed by atoms with van der Waals surface area (Å²) in [6.07, 6.45) is -4.22. The van der Waals surface area contributed by atoms with Crippen molar-refractivity contribution in [3.8, 4) is 0 Å². The van der Waals surface area contributed by atoms with Crippen molar-refractivity contribution in [2.75, 3.05) is 0 Å². The van der Waals surface area contributed by atoms with Crippen molar-refractivity contribution in [2.24, 2.45) is 5.73 Å². The number of benzene rings is 1. The predicted molar refractivity (Wildman–Crippen MR) is 53.2 cm³/mol. The van der Waals surface area contributed by atoms with Crippen LogP contribution in [-0.2, 0) is 11.7 Å². The van der Waals surface area contributed by atoms with Gasteiger partial charge >= 0.3 is 6.18 Å². The van der Waals surface area contributed by atoms with Gasteiger partial charge in [0.15, 0.2) is 0 Å². The van der Waals surface area contributed by atoms with E-state index in [4.69, 9.17) is 5.73 Å². The minimum atomic E-state index is -4.69. The number of nitrogens with two attached hydrogens (primary N) is 1. The second-order valence-corrected chi connectivity index (χ2v) is 3.96. The Bertz CT molecular complexity index is 382. The van der Waals surface area contributed by atoms with Crippen LogP contribution in [0.3, 0.4) is 0 Å². The average Bonchev–Trinajstić information content (AvgIpc) is 2.16. The molecular formula is C11H13F4N. The third kappa shape index (κ3) is 2.52. The zero-order valence-corrected chi connectivity index (χ0v) is 9.03. The lowest BCUT2D eigenvalue weighted by atomic mass is 9.89. The number of halogens is 4. The van der Waals surface area contributed by atoms with Gasteiger partial charge in [-0.1, -0.05) is 13.0 Å². The highest BCUT2D eigenvalue weighted by atomic mass is 19.4. The summed E-state index contributed by atoms with van der Waals surface area (Å²) in [7, 11) is 0. The van der Waals surface area contributed by atoms with Crippen molar-refractivity contribution >= 4 is 0 Å². The Balaban J connectivity index is 3.29. The van der Waals surface area contributed by atoms with E-state index in [0.29, 0.717) is 6.42 Å². The lowest BCUT2D eigenvalue weighted by Gasteiger charge is -2.24. The van der Waals surface area contributed by atoms with Crippen LogP contribution in [0.2, 0.25) is 0 Å². The highest BCUT2D eigenvalue weighted by Gasteiger charge is 2.35. The Morgan fingerprint density at radius 3 is 2.25 bits per heavy atom. The molecule has 5 heteroatoms. The fourth-order valence-electron chi connectivity index (χ4n) is 1.30. The van der Waals surface area contributed by atoms with Gasteiger partial charge in [-0.25, -0.2) is 4.39 Å².